The van der Waals surface area contributed by atoms with Crippen LogP contribution in [0.5, 0.6) is 0 Å². The van der Waals surface area contributed by atoms with Crippen LogP contribution in [-0.2, 0) is 14.8 Å². The molecule has 0 radical (unpaired) electrons. The topological polar surface area (TPSA) is 110 Å². The fraction of sp³-hybridized carbons (Fsp3) is 0.176. The Bertz CT molecular complexity index is 1000. The fourth-order valence-corrected chi connectivity index (χ4v) is 3.90. The predicted octanol–water partition coefficient (Wildman–Crippen LogP) is 3.24. The molecule has 0 aliphatic heterocycles. The second-order valence-corrected chi connectivity index (χ2v) is 7.60. The Hall–Kier alpha value is -2.58. The molecular formula is C17H16ClNO6S. The molecule has 138 valence electrons. The molecule has 2 aromatic rings. The van der Waals surface area contributed by atoms with Gasteiger partial charge in [-0.25, -0.2) is 18.0 Å². The highest BCUT2D eigenvalue weighted by molar-refractivity contribution is 7.92. The zero-order valence-electron chi connectivity index (χ0n) is 14.2. The number of hydrogen-bond acceptors (Lipinski definition) is 5. The molecule has 2 N–H and O–H groups in total. The summed E-state index contributed by atoms with van der Waals surface area (Å²) in [5.41, 5.74) is 0.646. The number of sulfonamides is 1. The van der Waals surface area contributed by atoms with Crippen molar-refractivity contribution in [2.24, 2.45) is 0 Å². The lowest BCUT2D eigenvalue weighted by Gasteiger charge is -2.15. The van der Waals surface area contributed by atoms with Crippen molar-refractivity contribution in [2.75, 3.05) is 11.8 Å². The van der Waals surface area contributed by atoms with E-state index in [1.165, 1.54) is 31.4 Å². The second-order valence-electron chi connectivity index (χ2n) is 5.51. The van der Waals surface area contributed by atoms with Crippen LogP contribution in [-0.4, -0.2) is 32.6 Å². The van der Waals surface area contributed by atoms with Gasteiger partial charge in [-0.15, -0.1) is 0 Å². The highest BCUT2D eigenvalue weighted by Gasteiger charge is 2.23. The molecule has 9 heteroatoms. The van der Waals surface area contributed by atoms with Crippen LogP contribution >= 0.6 is 11.6 Å². The van der Waals surface area contributed by atoms with Crippen LogP contribution < -0.4 is 4.72 Å². The first kappa shape index (κ1) is 19.7. The van der Waals surface area contributed by atoms with Crippen LogP contribution in [0, 0.1) is 13.8 Å². The third kappa shape index (κ3) is 3.97. The summed E-state index contributed by atoms with van der Waals surface area (Å²) in [4.78, 5) is 22.9. The van der Waals surface area contributed by atoms with Gasteiger partial charge in [0.1, 0.15) is 0 Å². The maximum Gasteiger partial charge on any atom is 0.339 e. The van der Waals surface area contributed by atoms with Crippen molar-refractivity contribution in [2.45, 2.75) is 18.7 Å². The molecule has 0 saturated heterocycles. The van der Waals surface area contributed by atoms with E-state index in [1.807, 2.05) is 0 Å². The van der Waals surface area contributed by atoms with Gasteiger partial charge in [0, 0.05) is 5.02 Å². The number of nitrogens with one attached hydrogen (secondary N) is 1. The number of aromatic carboxylic acids is 1. The molecule has 0 heterocycles. The molecule has 0 fully saturated rings. The van der Waals surface area contributed by atoms with E-state index in [0.29, 0.717) is 11.1 Å². The molecule has 0 unspecified atom stereocenters. The summed E-state index contributed by atoms with van der Waals surface area (Å²) >= 11 is 5.90. The lowest BCUT2D eigenvalue weighted by atomic mass is 10.1. The van der Waals surface area contributed by atoms with Crippen LogP contribution in [0.4, 0.5) is 5.69 Å². The molecule has 7 nitrogen and oxygen atoms in total. The van der Waals surface area contributed by atoms with Crippen molar-refractivity contribution in [3.63, 3.8) is 0 Å². The molecule has 0 bridgehead atoms. The van der Waals surface area contributed by atoms with Gasteiger partial charge in [-0.2, -0.15) is 0 Å². The Morgan fingerprint density at radius 3 is 2.38 bits per heavy atom. The number of halogens is 1. The van der Waals surface area contributed by atoms with Crippen molar-refractivity contribution in [3.05, 3.63) is 57.6 Å². The zero-order valence-corrected chi connectivity index (χ0v) is 15.7. The predicted molar refractivity (Wildman–Crippen MR) is 96.5 cm³/mol. The van der Waals surface area contributed by atoms with Crippen LogP contribution in [0.3, 0.4) is 0 Å². The number of carboxylic acid groups (broad SMARTS) is 1. The number of carbonyl (C=O) groups excluding carboxylic acids is 1. The molecule has 0 aliphatic carbocycles. The van der Waals surface area contributed by atoms with Gasteiger partial charge < -0.3 is 9.84 Å². The molecule has 0 spiro atoms. The Kier molecular flexibility index (Phi) is 5.58. The first-order valence-electron chi connectivity index (χ1n) is 7.32. The van der Waals surface area contributed by atoms with Gasteiger partial charge in [0.25, 0.3) is 10.0 Å². The SMILES string of the molecule is COC(=O)c1ccc(Cl)cc1NS(=O)(=O)c1cc(C(=O)O)cc(C)c1C. The van der Waals surface area contributed by atoms with E-state index in [1.54, 1.807) is 13.8 Å². The minimum atomic E-state index is -4.18. The third-order valence-corrected chi connectivity index (χ3v) is 5.51. The van der Waals surface area contributed by atoms with Crippen molar-refractivity contribution in [1.82, 2.24) is 0 Å². The van der Waals surface area contributed by atoms with Crippen molar-refractivity contribution >= 4 is 39.3 Å². The Morgan fingerprint density at radius 2 is 1.81 bits per heavy atom. The van der Waals surface area contributed by atoms with Gasteiger partial charge in [-0.1, -0.05) is 11.6 Å². The van der Waals surface area contributed by atoms with E-state index in [-0.39, 0.29) is 26.7 Å². The standard InChI is InChI=1S/C17H16ClNO6S/c1-9-6-11(16(20)21)7-15(10(9)2)26(23,24)19-14-8-12(18)4-5-13(14)17(22)25-3/h4-8,19H,1-3H3,(H,20,21). The summed E-state index contributed by atoms with van der Waals surface area (Å²) in [7, 11) is -3.02. The quantitative estimate of drug-likeness (QED) is 0.749. The van der Waals surface area contributed by atoms with Gasteiger partial charge >= 0.3 is 11.9 Å². The smallest absolute Gasteiger partial charge is 0.339 e. The van der Waals surface area contributed by atoms with E-state index < -0.39 is 22.0 Å². The van der Waals surface area contributed by atoms with Crippen molar-refractivity contribution in [1.29, 1.82) is 0 Å². The molecule has 0 atom stereocenters. The number of anilines is 1. The molecular weight excluding hydrogens is 382 g/mol. The lowest BCUT2D eigenvalue weighted by Crippen LogP contribution is -2.18. The molecule has 26 heavy (non-hydrogen) atoms. The van der Waals surface area contributed by atoms with Crippen LogP contribution in [0.2, 0.25) is 5.02 Å². The Balaban J connectivity index is 2.59. The molecule has 2 aromatic carbocycles. The van der Waals surface area contributed by atoms with E-state index in [2.05, 4.69) is 9.46 Å². The average Bonchev–Trinajstić information content (AvgIpc) is 2.55. The normalized spacial score (nSPS) is 11.1. The Morgan fingerprint density at radius 1 is 1.15 bits per heavy atom. The first-order chi connectivity index (χ1) is 12.1. The van der Waals surface area contributed by atoms with Crippen LogP contribution in [0.1, 0.15) is 31.8 Å². The Labute approximate surface area is 155 Å². The summed E-state index contributed by atoms with van der Waals surface area (Å²) in [5.74, 6) is -1.99. The summed E-state index contributed by atoms with van der Waals surface area (Å²) < 4.78 is 32.6. The first-order valence-corrected chi connectivity index (χ1v) is 9.18. The molecule has 0 aromatic heterocycles. The minimum Gasteiger partial charge on any atom is -0.478 e. The number of rotatable bonds is 5. The molecule has 0 amide bonds. The summed E-state index contributed by atoms with van der Waals surface area (Å²) in [6.07, 6.45) is 0. The van der Waals surface area contributed by atoms with Crippen LogP contribution in [0.25, 0.3) is 0 Å². The number of methoxy groups -OCH3 is 1. The number of aryl methyl sites for hydroxylation is 1. The van der Waals surface area contributed by atoms with Gasteiger partial charge in [0.15, 0.2) is 0 Å². The van der Waals surface area contributed by atoms with E-state index in [0.717, 1.165) is 6.07 Å². The number of ether oxygens (including phenoxy) is 1. The lowest BCUT2D eigenvalue weighted by molar-refractivity contribution is 0.0601. The van der Waals surface area contributed by atoms with Crippen molar-refractivity contribution in [3.8, 4) is 0 Å². The number of hydrogen-bond donors (Lipinski definition) is 2. The number of carbonyl (C=O) groups is 2. The maximum absolute atomic E-state index is 12.8. The molecule has 2 rings (SSSR count). The van der Waals surface area contributed by atoms with E-state index in [9.17, 15) is 23.1 Å². The van der Waals surface area contributed by atoms with Crippen LogP contribution in [0.15, 0.2) is 35.2 Å². The third-order valence-electron chi connectivity index (χ3n) is 3.79. The number of carboxylic acids is 1. The van der Waals surface area contributed by atoms with Gasteiger partial charge in [0.05, 0.1) is 28.8 Å². The molecule has 0 saturated carbocycles. The number of esters is 1. The largest absolute Gasteiger partial charge is 0.478 e. The summed E-state index contributed by atoms with van der Waals surface area (Å²) in [6.45, 7) is 3.18. The zero-order chi connectivity index (χ0) is 19.6. The maximum atomic E-state index is 12.8. The molecule has 0 aliphatic rings. The van der Waals surface area contributed by atoms with Crippen molar-refractivity contribution < 1.29 is 27.9 Å². The minimum absolute atomic E-state index is 0.0239. The summed E-state index contributed by atoms with van der Waals surface area (Å²) in [5, 5.41) is 9.38. The highest BCUT2D eigenvalue weighted by Crippen LogP contribution is 2.27. The van der Waals surface area contributed by atoms with Gasteiger partial charge in [-0.3, -0.25) is 4.72 Å². The van der Waals surface area contributed by atoms with E-state index >= 15 is 0 Å². The van der Waals surface area contributed by atoms with Gasteiger partial charge in [-0.05, 0) is 55.3 Å². The fourth-order valence-electron chi connectivity index (χ4n) is 2.32. The van der Waals surface area contributed by atoms with E-state index in [4.69, 9.17) is 11.6 Å². The highest BCUT2D eigenvalue weighted by atomic mass is 35.5. The van der Waals surface area contributed by atoms with Gasteiger partial charge in [0.2, 0.25) is 0 Å². The second kappa shape index (κ2) is 7.35. The summed E-state index contributed by atoms with van der Waals surface area (Å²) in [6, 6.07) is 6.48. The average molecular weight is 398 g/mol. The number of benzene rings is 2. The monoisotopic (exact) mass is 397 g/mol.